The second-order valence-corrected chi connectivity index (χ2v) is 4.35. The molecule has 0 saturated heterocycles. The van der Waals surface area contributed by atoms with Crippen LogP contribution in [0.5, 0.6) is 0 Å². The highest BCUT2D eigenvalue weighted by Gasteiger charge is 2.21. The Kier molecular flexibility index (Phi) is 3.78. The summed E-state index contributed by atoms with van der Waals surface area (Å²) in [5, 5.41) is 3.14. The van der Waals surface area contributed by atoms with E-state index in [0.29, 0.717) is 5.92 Å². The number of hydrogen-bond acceptors (Lipinski definition) is 3. The smallest absolute Gasteiger partial charge is 0.197 e. The van der Waals surface area contributed by atoms with Crippen molar-refractivity contribution in [2.45, 2.75) is 44.4 Å². The molecule has 1 saturated carbocycles. The average molecular weight is 208 g/mol. The summed E-state index contributed by atoms with van der Waals surface area (Å²) in [4.78, 5) is 4.39. The van der Waals surface area contributed by atoms with Crippen LogP contribution in [-0.4, -0.2) is 18.6 Å². The van der Waals surface area contributed by atoms with Gasteiger partial charge in [-0.25, -0.2) is 4.98 Å². The molecule has 1 fully saturated rings. The third kappa shape index (κ3) is 2.81. The van der Waals surface area contributed by atoms with E-state index in [1.165, 1.54) is 25.7 Å². The van der Waals surface area contributed by atoms with Crippen LogP contribution in [0.25, 0.3) is 0 Å². The molecule has 1 heterocycles. The molecule has 1 aliphatic rings. The van der Waals surface area contributed by atoms with E-state index < -0.39 is 0 Å². The quantitative estimate of drug-likeness (QED) is 0.755. The van der Waals surface area contributed by atoms with Gasteiger partial charge in [-0.1, -0.05) is 12.8 Å². The number of aromatic nitrogens is 1. The summed E-state index contributed by atoms with van der Waals surface area (Å²) in [7, 11) is 1.98. The van der Waals surface area contributed by atoms with Crippen molar-refractivity contribution in [1.29, 1.82) is 0 Å². The van der Waals surface area contributed by atoms with Crippen molar-refractivity contribution >= 4 is 0 Å². The summed E-state index contributed by atoms with van der Waals surface area (Å²) in [6.07, 6.45) is 9.22. The zero-order valence-electron chi connectivity index (χ0n) is 9.46. The first-order valence-electron chi connectivity index (χ1n) is 5.99. The molecule has 2 rings (SSSR count). The van der Waals surface area contributed by atoms with Gasteiger partial charge in [0, 0.05) is 12.3 Å². The minimum atomic E-state index is 0.600. The van der Waals surface area contributed by atoms with Gasteiger partial charge < -0.3 is 9.73 Å². The van der Waals surface area contributed by atoms with Gasteiger partial charge in [0.2, 0.25) is 0 Å². The standard InChI is InChI=1S/C12H20N2O/c1-13-8-4-7-11-9-14-12(15-11)10-5-2-3-6-10/h9-10,13H,2-8H2,1H3. The number of aryl methyl sites for hydroxylation is 1. The Morgan fingerprint density at radius 2 is 2.27 bits per heavy atom. The molecule has 0 amide bonds. The van der Waals surface area contributed by atoms with E-state index in [0.717, 1.165) is 31.0 Å². The third-order valence-corrected chi connectivity index (χ3v) is 3.13. The molecule has 84 valence electrons. The molecule has 0 atom stereocenters. The van der Waals surface area contributed by atoms with Crippen LogP contribution in [0.1, 0.15) is 49.7 Å². The van der Waals surface area contributed by atoms with E-state index >= 15 is 0 Å². The lowest BCUT2D eigenvalue weighted by Gasteiger charge is -2.02. The van der Waals surface area contributed by atoms with Crippen LogP contribution >= 0.6 is 0 Å². The molecule has 3 nitrogen and oxygen atoms in total. The zero-order valence-corrected chi connectivity index (χ0v) is 9.46. The minimum Gasteiger partial charge on any atom is -0.445 e. The van der Waals surface area contributed by atoms with E-state index in [1.807, 2.05) is 13.2 Å². The van der Waals surface area contributed by atoms with E-state index in [1.54, 1.807) is 0 Å². The second kappa shape index (κ2) is 5.31. The Hall–Kier alpha value is -0.830. The normalized spacial score (nSPS) is 17.4. The van der Waals surface area contributed by atoms with Crippen LogP contribution in [0, 0.1) is 0 Å². The zero-order chi connectivity index (χ0) is 10.5. The Bertz CT molecular complexity index is 290. The highest BCUT2D eigenvalue weighted by Crippen LogP contribution is 2.33. The number of oxazole rings is 1. The predicted molar refractivity (Wildman–Crippen MR) is 60.0 cm³/mol. The summed E-state index contributed by atoms with van der Waals surface area (Å²) >= 11 is 0. The maximum atomic E-state index is 5.78. The highest BCUT2D eigenvalue weighted by molar-refractivity contribution is 5.00. The van der Waals surface area contributed by atoms with Gasteiger partial charge in [0.1, 0.15) is 5.76 Å². The summed E-state index contributed by atoms with van der Waals surface area (Å²) in [6, 6.07) is 0. The molecular formula is C12H20N2O. The van der Waals surface area contributed by atoms with E-state index in [4.69, 9.17) is 4.42 Å². The molecule has 1 aromatic rings. The van der Waals surface area contributed by atoms with Crippen molar-refractivity contribution in [2.75, 3.05) is 13.6 Å². The van der Waals surface area contributed by atoms with E-state index in [9.17, 15) is 0 Å². The fourth-order valence-corrected chi connectivity index (χ4v) is 2.24. The van der Waals surface area contributed by atoms with Crippen LogP contribution in [0.15, 0.2) is 10.6 Å². The lowest BCUT2D eigenvalue weighted by atomic mass is 10.1. The molecule has 0 spiro atoms. The lowest BCUT2D eigenvalue weighted by molar-refractivity contribution is 0.415. The fraction of sp³-hybridized carbons (Fsp3) is 0.750. The van der Waals surface area contributed by atoms with Gasteiger partial charge in [0.15, 0.2) is 5.89 Å². The molecule has 3 heteroatoms. The Morgan fingerprint density at radius 3 is 3.00 bits per heavy atom. The summed E-state index contributed by atoms with van der Waals surface area (Å²) < 4.78 is 5.78. The topological polar surface area (TPSA) is 38.1 Å². The predicted octanol–water partition coefficient (Wildman–Crippen LogP) is 2.48. The summed E-state index contributed by atoms with van der Waals surface area (Å²) in [6.45, 7) is 1.04. The van der Waals surface area contributed by atoms with Gasteiger partial charge in [-0.2, -0.15) is 0 Å². The molecule has 0 aromatic carbocycles. The van der Waals surface area contributed by atoms with Gasteiger partial charge >= 0.3 is 0 Å². The first-order chi connectivity index (χ1) is 7.40. The van der Waals surface area contributed by atoms with Crippen LogP contribution in [0.4, 0.5) is 0 Å². The van der Waals surface area contributed by atoms with Gasteiger partial charge in [-0.15, -0.1) is 0 Å². The molecule has 0 radical (unpaired) electrons. The van der Waals surface area contributed by atoms with Gasteiger partial charge in [-0.3, -0.25) is 0 Å². The van der Waals surface area contributed by atoms with Gasteiger partial charge in [0.05, 0.1) is 6.20 Å². The van der Waals surface area contributed by atoms with Crippen molar-refractivity contribution < 1.29 is 4.42 Å². The lowest BCUT2D eigenvalue weighted by Crippen LogP contribution is -2.08. The Labute approximate surface area is 91.3 Å². The summed E-state index contributed by atoms with van der Waals surface area (Å²) in [5.41, 5.74) is 0. The number of hydrogen-bond donors (Lipinski definition) is 1. The van der Waals surface area contributed by atoms with E-state index in [2.05, 4.69) is 10.3 Å². The first-order valence-corrected chi connectivity index (χ1v) is 5.99. The van der Waals surface area contributed by atoms with Crippen molar-refractivity contribution in [3.05, 3.63) is 17.8 Å². The van der Waals surface area contributed by atoms with Crippen LogP contribution in [0.2, 0.25) is 0 Å². The molecule has 1 aromatic heterocycles. The first kappa shape index (κ1) is 10.7. The molecule has 0 bridgehead atoms. The molecule has 1 N–H and O–H groups in total. The summed E-state index contributed by atoms with van der Waals surface area (Å²) in [5.74, 6) is 2.63. The fourth-order valence-electron chi connectivity index (χ4n) is 2.24. The third-order valence-electron chi connectivity index (χ3n) is 3.13. The second-order valence-electron chi connectivity index (χ2n) is 4.35. The largest absolute Gasteiger partial charge is 0.445 e. The van der Waals surface area contributed by atoms with Crippen molar-refractivity contribution in [2.24, 2.45) is 0 Å². The minimum absolute atomic E-state index is 0.600. The highest BCUT2D eigenvalue weighted by atomic mass is 16.4. The average Bonchev–Trinajstić information content (AvgIpc) is 2.87. The van der Waals surface area contributed by atoms with Crippen molar-refractivity contribution in [3.8, 4) is 0 Å². The SMILES string of the molecule is CNCCCc1cnc(C2CCCC2)o1. The molecule has 0 aliphatic heterocycles. The maximum absolute atomic E-state index is 5.78. The molecular weight excluding hydrogens is 188 g/mol. The van der Waals surface area contributed by atoms with Crippen molar-refractivity contribution in [1.82, 2.24) is 10.3 Å². The van der Waals surface area contributed by atoms with Crippen LogP contribution in [0.3, 0.4) is 0 Å². The maximum Gasteiger partial charge on any atom is 0.197 e. The molecule has 15 heavy (non-hydrogen) atoms. The van der Waals surface area contributed by atoms with Gasteiger partial charge in [0.25, 0.3) is 0 Å². The molecule has 0 unspecified atom stereocenters. The Balaban J connectivity index is 1.86. The monoisotopic (exact) mass is 208 g/mol. The molecule has 1 aliphatic carbocycles. The number of nitrogens with zero attached hydrogens (tertiary/aromatic N) is 1. The van der Waals surface area contributed by atoms with Crippen molar-refractivity contribution in [3.63, 3.8) is 0 Å². The van der Waals surface area contributed by atoms with Crippen LogP contribution < -0.4 is 5.32 Å². The Morgan fingerprint density at radius 1 is 1.47 bits per heavy atom. The number of rotatable bonds is 5. The van der Waals surface area contributed by atoms with Gasteiger partial charge in [-0.05, 0) is 32.9 Å². The van der Waals surface area contributed by atoms with E-state index in [-0.39, 0.29) is 0 Å². The van der Waals surface area contributed by atoms with Crippen LogP contribution in [-0.2, 0) is 6.42 Å². The number of nitrogens with one attached hydrogen (secondary N) is 1.